The normalized spacial score (nSPS) is 11.6. The van der Waals surface area contributed by atoms with Crippen molar-refractivity contribution in [3.63, 3.8) is 0 Å². The van der Waals surface area contributed by atoms with E-state index in [-0.39, 0.29) is 6.04 Å². The SMILES string of the molecule is COc1cccc(NC(=S)N[C@H](C)c2ccccc2Br)c1. The minimum atomic E-state index is 0.103. The van der Waals surface area contributed by atoms with Crippen LogP contribution in [0.25, 0.3) is 0 Å². The molecule has 21 heavy (non-hydrogen) atoms. The van der Waals surface area contributed by atoms with Crippen LogP contribution in [0.1, 0.15) is 18.5 Å². The van der Waals surface area contributed by atoms with Crippen molar-refractivity contribution in [3.05, 3.63) is 58.6 Å². The van der Waals surface area contributed by atoms with E-state index in [1.807, 2.05) is 42.5 Å². The monoisotopic (exact) mass is 364 g/mol. The zero-order chi connectivity index (χ0) is 15.2. The van der Waals surface area contributed by atoms with Crippen molar-refractivity contribution >= 4 is 38.9 Å². The summed E-state index contributed by atoms with van der Waals surface area (Å²) in [5, 5.41) is 7.01. The van der Waals surface area contributed by atoms with E-state index >= 15 is 0 Å². The zero-order valence-corrected chi connectivity index (χ0v) is 14.3. The molecule has 0 aromatic heterocycles. The highest BCUT2D eigenvalue weighted by Crippen LogP contribution is 2.23. The number of hydrogen-bond donors (Lipinski definition) is 2. The number of thiocarbonyl (C=S) groups is 1. The third-order valence-corrected chi connectivity index (χ3v) is 3.99. The Bertz CT molecular complexity index is 633. The van der Waals surface area contributed by atoms with Gasteiger partial charge < -0.3 is 15.4 Å². The second-order valence-corrected chi connectivity index (χ2v) is 5.84. The van der Waals surface area contributed by atoms with Crippen molar-refractivity contribution in [1.29, 1.82) is 0 Å². The van der Waals surface area contributed by atoms with Gasteiger partial charge in [-0.2, -0.15) is 0 Å². The number of halogens is 1. The van der Waals surface area contributed by atoms with Gasteiger partial charge >= 0.3 is 0 Å². The predicted octanol–water partition coefficient (Wildman–Crippen LogP) is 4.51. The maximum absolute atomic E-state index is 5.36. The lowest BCUT2D eigenvalue weighted by Gasteiger charge is -2.18. The molecule has 0 saturated heterocycles. The van der Waals surface area contributed by atoms with Gasteiger partial charge in [0.25, 0.3) is 0 Å². The first-order chi connectivity index (χ1) is 10.1. The van der Waals surface area contributed by atoms with Crippen molar-refractivity contribution in [3.8, 4) is 5.75 Å². The fourth-order valence-electron chi connectivity index (χ4n) is 1.97. The molecule has 0 heterocycles. The Morgan fingerprint density at radius 2 is 1.95 bits per heavy atom. The van der Waals surface area contributed by atoms with E-state index in [4.69, 9.17) is 17.0 Å². The van der Waals surface area contributed by atoms with Gasteiger partial charge in [0.15, 0.2) is 5.11 Å². The van der Waals surface area contributed by atoms with Crippen LogP contribution < -0.4 is 15.4 Å². The lowest BCUT2D eigenvalue weighted by molar-refractivity contribution is 0.415. The van der Waals surface area contributed by atoms with Crippen LogP contribution in [0.3, 0.4) is 0 Å². The fourth-order valence-corrected chi connectivity index (χ4v) is 2.89. The van der Waals surface area contributed by atoms with Gasteiger partial charge in [-0.15, -0.1) is 0 Å². The number of nitrogens with one attached hydrogen (secondary N) is 2. The molecule has 1 atom stereocenters. The van der Waals surface area contributed by atoms with Gasteiger partial charge in [-0.3, -0.25) is 0 Å². The van der Waals surface area contributed by atoms with Crippen LogP contribution in [-0.2, 0) is 0 Å². The van der Waals surface area contributed by atoms with E-state index in [0.29, 0.717) is 5.11 Å². The lowest BCUT2D eigenvalue weighted by atomic mass is 10.1. The van der Waals surface area contributed by atoms with Gasteiger partial charge in [0, 0.05) is 16.2 Å². The summed E-state index contributed by atoms with van der Waals surface area (Å²) in [7, 11) is 1.64. The van der Waals surface area contributed by atoms with Crippen LogP contribution in [-0.4, -0.2) is 12.2 Å². The van der Waals surface area contributed by atoms with E-state index in [9.17, 15) is 0 Å². The Labute approximate surface area is 138 Å². The van der Waals surface area contributed by atoms with Crippen LogP contribution in [0.5, 0.6) is 5.75 Å². The number of ether oxygens (including phenoxy) is 1. The molecule has 0 aliphatic rings. The Morgan fingerprint density at radius 3 is 2.67 bits per heavy atom. The number of methoxy groups -OCH3 is 1. The Morgan fingerprint density at radius 1 is 1.19 bits per heavy atom. The third-order valence-electron chi connectivity index (χ3n) is 3.05. The largest absolute Gasteiger partial charge is 0.497 e. The summed E-state index contributed by atoms with van der Waals surface area (Å²) in [4.78, 5) is 0. The smallest absolute Gasteiger partial charge is 0.171 e. The molecular weight excluding hydrogens is 348 g/mol. The van der Waals surface area contributed by atoms with Crippen LogP contribution in [0, 0.1) is 0 Å². The van der Waals surface area contributed by atoms with E-state index in [2.05, 4.69) is 39.6 Å². The summed E-state index contributed by atoms with van der Waals surface area (Å²) < 4.78 is 6.26. The average molecular weight is 365 g/mol. The Hall–Kier alpha value is -1.59. The molecule has 2 aromatic rings. The predicted molar refractivity (Wildman–Crippen MR) is 94.9 cm³/mol. The van der Waals surface area contributed by atoms with Gasteiger partial charge in [-0.25, -0.2) is 0 Å². The summed E-state index contributed by atoms with van der Waals surface area (Å²) in [5.41, 5.74) is 2.05. The highest BCUT2D eigenvalue weighted by atomic mass is 79.9. The molecule has 0 spiro atoms. The second kappa shape index (κ2) is 7.43. The Kier molecular flexibility index (Phi) is 5.59. The molecule has 0 unspecified atom stereocenters. The number of rotatable bonds is 4. The van der Waals surface area contributed by atoms with Crippen molar-refractivity contribution in [1.82, 2.24) is 5.32 Å². The molecule has 3 nitrogen and oxygen atoms in total. The van der Waals surface area contributed by atoms with Crippen LogP contribution in [0.4, 0.5) is 5.69 Å². The third kappa shape index (κ3) is 4.44. The molecule has 0 radical (unpaired) electrons. The second-order valence-electron chi connectivity index (χ2n) is 4.57. The molecule has 0 saturated carbocycles. The topological polar surface area (TPSA) is 33.3 Å². The van der Waals surface area contributed by atoms with E-state index < -0.39 is 0 Å². The van der Waals surface area contributed by atoms with Crippen molar-refractivity contribution < 1.29 is 4.74 Å². The van der Waals surface area contributed by atoms with E-state index in [1.165, 1.54) is 0 Å². The zero-order valence-electron chi connectivity index (χ0n) is 11.9. The van der Waals surface area contributed by atoms with Crippen LogP contribution in [0.15, 0.2) is 53.0 Å². The average Bonchev–Trinajstić information content (AvgIpc) is 2.47. The minimum absolute atomic E-state index is 0.103. The number of hydrogen-bond acceptors (Lipinski definition) is 2. The number of benzene rings is 2. The molecule has 0 aliphatic heterocycles. The molecule has 2 N–H and O–H groups in total. The summed E-state index contributed by atoms with van der Waals surface area (Å²) in [6.45, 7) is 2.07. The lowest BCUT2D eigenvalue weighted by Crippen LogP contribution is -2.31. The molecule has 110 valence electrons. The van der Waals surface area contributed by atoms with Gasteiger partial charge in [-0.1, -0.05) is 40.2 Å². The number of anilines is 1. The fraction of sp³-hybridized carbons (Fsp3) is 0.188. The quantitative estimate of drug-likeness (QED) is 0.782. The molecule has 5 heteroatoms. The molecule has 0 bridgehead atoms. The molecule has 2 aromatic carbocycles. The highest BCUT2D eigenvalue weighted by molar-refractivity contribution is 9.10. The maximum atomic E-state index is 5.36. The summed E-state index contributed by atoms with van der Waals surface area (Å²) >= 11 is 8.91. The van der Waals surface area contributed by atoms with Crippen molar-refractivity contribution in [2.75, 3.05) is 12.4 Å². The summed E-state index contributed by atoms with van der Waals surface area (Å²) in [5.74, 6) is 0.793. The first-order valence-corrected chi connectivity index (χ1v) is 7.76. The molecule has 2 rings (SSSR count). The van der Waals surface area contributed by atoms with Crippen LogP contribution >= 0.6 is 28.1 Å². The van der Waals surface area contributed by atoms with Gasteiger partial charge in [-0.05, 0) is 42.9 Å². The Balaban J connectivity index is 2.00. The van der Waals surface area contributed by atoms with Crippen molar-refractivity contribution in [2.24, 2.45) is 0 Å². The summed E-state index contributed by atoms with van der Waals surface area (Å²) in [6, 6.07) is 15.8. The highest BCUT2D eigenvalue weighted by Gasteiger charge is 2.10. The van der Waals surface area contributed by atoms with E-state index in [1.54, 1.807) is 7.11 Å². The molecule has 0 amide bonds. The standard InChI is InChI=1S/C16H17BrN2OS/c1-11(14-8-3-4-9-15(14)17)18-16(21)19-12-6-5-7-13(10-12)20-2/h3-11H,1-2H3,(H2,18,19,21)/t11-/m1/s1. The van der Waals surface area contributed by atoms with Crippen molar-refractivity contribution in [2.45, 2.75) is 13.0 Å². The summed E-state index contributed by atoms with van der Waals surface area (Å²) in [6.07, 6.45) is 0. The van der Waals surface area contributed by atoms with E-state index in [0.717, 1.165) is 21.5 Å². The first kappa shape index (κ1) is 15.8. The molecule has 0 fully saturated rings. The first-order valence-electron chi connectivity index (χ1n) is 6.56. The molecule has 0 aliphatic carbocycles. The van der Waals surface area contributed by atoms with Crippen LogP contribution in [0.2, 0.25) is 0 Å². The van der Waals surface area contributed by atoms with Gasteiger partial charge in [0.1, 0.15) is 5.75 Å². The molecular formula is C16H17BrN2OS. The maximum Gasteiger partial charge on any atom is 0.171 e. The van der Waals surface area contributed by atoms with Gasteiger partial charge in [0.2, 0.25) is 0 Å². The van der Waals surface area contributed by atoms with Gasteiger partial charge in [0.05, 0.1) is 13.2 Å². The minimum Gasteiger partial charge on any atom is -0.497 e.